The molecule has 0 fully saturated rings. The number of ether oxygens (including phenoxy) is 1. The van der Waals surface area contributed by atoms with E-state index in [1.807, 2.05) is 32.0 Å². The van der Waals surface area contributed by atoms with Gasteiger partial charge in [-0.1, -0.05) is 24.3 Å². The minimum Gasteiger partial charge on any atom is -0.491 e. The smallest absolute Gasteiger partial charge is 0.418 e. The number of para-hydroxylation sites is 1. The summed E-state index contributed by atoms with van der Waals surface area (Å²) >= 11 is 0. The molecule has 0 spiro atoms. The Labute approximate surface area is 144 Å². The number of nitrogens with one attached hydrogen (secondary N) is 2. The van der Waals surface area contributed by atoms with Crippen LogP contribution in [0.2, 0.25) is 0 Å². The van der Waals surface area contributed by atoms with Gasteiger partial charge in [0, 0.05) is 0 Å². The fraction of sp³-hybridized carbons (Fsp3) is 0.278. The number of benzene rings is 2. The number of hydrogen-bond acceptors (Lipinski definition) is 2. The van der Waals surface area contributed by atoms with Crippen molar-refractivity contribution >= 4 is 11.7 Å². The Bertz CT molecular complexity index is 745. The number of carbonyl (C=O) groups excluding carboxylic acids is 1. The van der Waals surface area contributed by atoms with Crippen molar-refractivity contribution < 1.29 is 22.7 Å². The number of alkyl halides is 3. The molecule has 25 heavy (non-hydrogen) atoms. The van der Waals surface area contributed by atoms with E-state index in [0.29, 0.717) is 5.75 Å². The fourth-order valence-corrected chi connectivity index (χ4v) is 2.21. The molecule has 2 aromatic carbocycles. The first-order chi connectivity index (χ1) is 11.8. The number of anilines is 1. The van der Waals surface area contributed by atoms with E-state index < -0.39 is 17.8 Å². The molecule has 0 aliphatic heterocycles. The number of urea groups is 1. The first kappa shape index (κ1) is 18.6. The topological polar surface area (TPSA) is 50.4 Å². The van der Waals surface area contributed by atoms with Crippen molar-refractivity contribution in [2.45, 2.75) is 20.0 Å². The van der Waals surface area contributed by atoms with Crippen molar-refractivity contribution in [3.63, 3.8) is 0 Å². The summed E-state index contributed by atoms with van der Waals surface area (Å²) in [6.07, 6.45) is -4.53. The van der Waals surface area contributed by atoms with E-state index in [9.17, 15) is 18.0 Å². The van der Waals surface area contributed by atoms with Crippen LogP contribution in [0.4, 0.5) is 23.7 Å². The van der Waals surface area contributed by atoms with E-state index in [0.717, 1.165) is 17.2 Å². The highest BCUT2D eigenvalue weighted by Gasteiger charge is 2.33. The van der Waals surface area contributed by atoms with Gasteiger partial charge in [-0.25, -0.2) is 4.79 Å². The van der Waals surface area contributed by atoms with Gasteiger partial charge in [0.15, 0.2) is 0 Å². The summed E-state index contributed by atoms with van der Waals surface area (Å²) in [6.45, 7) is 4.26. The largest absolute Gasteiger partial charge is 0.491 e. The summed E-state index contributed by atoms with van der Waals surface area (Å²) in [4.78, 5) is 11.8. The van der Waals surface area contributed by atoms with Crippen LogP contribution >= 0.6 is 0 Å². The summed E-state index contributed by atoms with van der Waals surface area (Å²) in [5, 5.41) is 4.68. The second-order valence-corrected chi connectivity index (χ2v) is 5.47. The van der Waals surface area contributed by atoms with Crippen molar-refractivity contribution in [1.82, 2.24) is 5.32 Å². The molecule has 2 N–H and O–H groups in total. The second kappa shape index (κ2) is 7.92. The Balaban J connectivity index is 1.85. The van der Waals surface area contributed by atoms with Crippen LogP contribution in [0.15, 0.2) is 42.5 Å². The van der Waals surface area contributed by atoms with Gasteiger partial charge in [0.2, 0.25) is 0 Å². The molecule has 7 heteroatoms. The van der Waals surface area contributed by atoms with Crippen LogP contribution < -0.4 is 15.4 Å². The zero-order chi connectivity index (χ0) is 18.4. The summed E-state index contributed by atoms with van der Waals surface area (Å²) in [5.74, 6) is 0.713. The predicted octanol–water partition coefficient (Wildman–Crippen LogP) is 4.52. The average molecular weight is 352 g/mol. The van der Waals surface area contributed by atoms with Crippen molar-refractivity contribution in [1.29, 1.82) is 0 Å². The highest BCUT2D eigenvalue weighted by molar-refractivity contribution is 5.90. The van der Waals surface area contributed by atoms with Gasteiger partial charge >= 0.3 is 12.2 Å². The van der Waals surface area contributed by atoms with Crippen LogP contribution in [0.3, 0.4) is 0 Å². The Hall–Kier alpha value is -2.70. The maximum Gasteiger partial charge on any atom is 0.418 e. The average Bonchev–Trinajstić information content (AvgIpc) is 2.55. The van der Waals surface area contributed by atoms with Gasteiger partial charge in [0.1, 0.15) is 12.4 Å². The fourth-order valence-electron chi connectivity index (χ4n) is 2.21. The number of aryl methyl sites for hydroxylation is 1. The standard InChI is InChI=1S/C18H19F3N2O2/c1-12-6-5-9-16(13(12)2)25-11-10-22-17(24)23-15-8-4-3-7-14(15)18(19,20)21/h3-9H,10-11H2,1-2H3,(H2,22,23,24). The molecule has 2 aromatic rings. The third-order valence-corrected chi connectivity index (χ3v) is 3.68. The van der Waals surface area contributed by atoms with Gasteiger partial charge in [-0.2, -0.15) is 13.2 Å². The van der Waals surface area contributed by atoms with E-state index in [4.69, 9.17) is 4.74 Å². The van der Waals surface area contributed by atoms with Gasteiger partial charge < -0.3 is 15.4 Å². The lowest BCUT2D eigenvalue weighted by atomic mass is 10.1. The Morgan fingerprint density at radius 2 is 1.80 bits per heavy atom. The molecule has 0 aromatic heterocycles. The van der Waals surface area contributed by atoms with Crippen LogP contribution in [0.1, 0.15) is 16.7 Å². The molecule has 0 saturated heterocycles. The Morgan fingerprint density at radius 1 is 1.08 bits per heavy atom. The van der Waals surface area contributed by atoms with Crippen molar-refractivity contribution in [2.75, 3.05) is 18.5 Å². The first-order valence-corrected chi connectivity index (χ1v) is 7.69. The number of carbonyl (C=O) groups is 1. The molecule has 0 saturated carbocycles. The highest BCUT2D eigenvalue weighted by atomic mass is 19.4. The third-order valence-electron chi connectivity index (χ3n) is 3.68. The van der Waals surface area contributed by atoms with E-state index in [1.165, 1.54) is 18.2 Å². The zero-order valence-electron chi connectivity index (χ0n) is 13.9. The molecule has 0 radical (unpaired) electrons. The minimum atomic E-state index is -4.53. The van der Waals surface area contributed by atoms with E-state index in [-0.39, 0.29) is 18.8 Å². The molecule has 4 nitrogen and oxygen atoms in total. The number of hydrogen-bond donors (Lipinski definition) is 2. The van der Waals surface area contributed by atoms with E-state index in [1.54, 1.807) is 0 Å². The maximum atomic E-state index is 12.9. The summed E-state index contributed by atoms with van der Waals surface area (Å²) in [7, 11) is 0. The van der Waals surface area contributed by atoms with Crippen LogP contribution in [0, 0.1) is 13.8 Å². The van der Waals surface area contributed by atoms with Gasteiger partial charge in [0.05, 0.1) is 17.8 Å². The highest BCUT2D eigenvalue weighted by Crippen LogP contribution is 2.34. The van der Waals surface area contributed by atoms with E-state index in [2.05, 4.69) is 10.6 Å². The van der Waals surface area contributed by atoms with Crippen LogP contribution in [-0.2, 0) is 6.18 Å². The van der Waals surface area contributed by atoms with Gasteiger partial charge in [-0.3, -0.25) is 0 Å². The minimum absolute atomic E-state index is 0.160. The molecule has 0 unspecified atom stereocenters. The Morgan fingerprint density at radius 3 is 2.52 bits per heavy atom. The number of halogens is 3. The normalized spacial score (nSPS) is 11.1. The molecule has 0 heterocycles. The Kier molecular flexibility index (Phi) is 5.90. The first-order valence-electron chi connectivity index (χ1n) is 7.69. The molecule has 134 valence electrons. The molecular formula is C18H19F3N2O2. The van der Waals surface area contributed by atoms with Crippen molar-refractivity contribution in [2.24, 2.45) is 0 Å². The quantitative estimate of drug-likeness (QED) is 0.777. The molecular weight excluding hydrogens is 333 g/mol. The monoisotopic (exact) mass is 352 g/mol. The summed E-state index contributed by atoms with van der Waals surface area (Å²) in [5.41, 5.74) is 0.915. The number of rotatable bonds is 5. The van der Waals surface area contributed by atoms with Gasteiger partial charge in [-0.05, 0) is 43.2 Å². The second-order valence-electron chi connectivity index (χ2n) is 5.47. The van der Waals surface area contributed by atoms with Gasteiger partial charge in [0.25, 0.3) is 0 Å². The molecule has 0 aliphatic carbocycles. The lowest BCUT2D eigenvalue weighted by Gasteiger charge is -2.14. The predicted molar refractivity (Wildman–Crippen MR) is 89.9 cm³/mol. The SMILES string of the molecule is Cc1cccc(OCCNC(=O)Nc2ccccc2C(F)(F)F)c1C. The summed E-state index contributed by atoms with van der Waals surface area (Å²) < 4.78 is 44.2. The van der Waals surface area contributed by atoms with Crippen LogP contribution in [0.5, 0.6) is 5.75 Å². The molecule has 0 atom stereocenters. The lowest BCUT2D eigenvalue weighted by molar-refractivity contribution is -0.136. The number of amides is 2. The third kappa shape index (κ3) is 5.14. The molecule has 0 aliphatic rings. The summed E-state index contributed by atoms with van der Waals surface area (Å²) in [6, 6.07) is 9.74. The van der Waals surface area contributed by atoms with Gasteiger partial charge in [-0.15, -0.1) is 0 Å². The van der Waals surface area contributed by atoms with E-state index >= 15 is 0 Å². The zero-order valence-corrected chi connectivity index (χ0v) is 13.9. The molecule has 2 rings (SSSR count). The van der Waals surface area contributed by atoms with Crippen molar-refractivity contribution in [3.8, 4) is 5.75 Å². The molecule has 0 bridgehead atoms. The lowest BCUT2D eigenvalue weighted by Crippen LogP contribution is -2.32. The molecule has 2 amide bonds. The van der Waals surface area contributed by atoms with Crippen LogP contribution in [-0.4, -0.2) is 19.2 Å². The maximum absolute atomic E-state index is 12.9. The van der Waals surface area contributed by atoms with Crippen molar-refractivity contribution in [3.05, 3.63) is 59.2 Å². The van der Waals surface area contributed by atoms with Crippen LogP contribution in [0.25, 0.3) is 0 Å².